The third-order valence-corrected chi connectivity index (χ3v) is 5.55. The van der Waals surface area contributed by atoms with Crippen LogP contribution >= 0.6 is 0 Å². The van der Waals surface area contributed by atoms with Gasteiger partial charge in [-0.25, -0.2) is 0 Å². The number of nitrogens with two attached hydrogens (primary N) is 1. The summed E-state index contributed by atoms with van der Waals surface area (Å²) in [6, 6.07) is 6.06. The van der Waals surface area contributed by atoms with Gasteiger partial charge in [0.2, 0.25) is 0 Å². The molecule has 0 bridgehead atoms. The van der Waals surface area contributed by atoms with E-state index in [1.807, 2.05) is 12.1 Å². The van der Waals surface area contributed by atoms with Crippen molar-refractivity contribution in [1.82, 2.24) is 0 Å². The molecule has 0 aliphatic heterocycles. The van der Waals surface area contributed by atoms with E-state index in [2.05, 4.69) is 19.9 Å². The molecule has 1 aromatic rings. The molecule has 1 saturated carbocycles. The van der Waals surface area contributed by atoms with Gasteiger partial charge in [-0.3, -0.25) is 0 Å². The summed E-state index contributed by atoms with van der Waals surface area (Å²) in [6.45, 7) is 5.33. The van der Waals surface area contributed by atoms with Gasteiger partial charge in [0.1, 0.15) is 11.5 Å². The average molecular weight is 378 g/mol. The molecule has 1 fully saturated rings. The van der Waals surface area contributed by atoms with Gasteiger partial charge in [0, 0.05) is 11.6 Å². The van der Waals surface area contributed by atoms with Crippen molar-refractivity contribution < 1.29 is 14.6 Å². The number of benzene rings is 1. The number of rotatable bonds is 14. The number of aryl methyl sites for hydroxylation is 1. The summed E-state index contributed by atoms with van der Waals surface area (Å²) in [7, 11) is 1.69. The molecule has 1 aromatic carbocycles. The van der Waals surface area contributed by atoms with E-state index < -0.39 is 5.54 Å². The molecule has 2 rings (SSSR count). The first kappa shape index (κ1) is 22.0. The van der Waals surface area contributed by atoms with E-state index in [0.29, 0.717) is 5.92 Å². The lowest BCUT2D eigenvalue weighted by Crippen LogP contribution is -2.44. The molecule has 1 atom stereocenters. The van der Waals surface area contributed by atoms with Crippen molar-refractivity contribution >= 4 is 0 Å². The van der Waals surface area contributed by atoms with Crippen molar-refractivity contribution in [2.75, 3.05) is 20.3 Å². The largest absolute Gasteiger partial charge is 0.496 e. The topological polar surface area (TPSA) is 64.7 Å². The molecule has 0 spiro atoms. The van der Waals surface area contributed by atoms with Crippen LogP contribution in [0.5, 0.6) is 11.5 Å². The first-order valence-corrected chi connectivity index (χ1v) is 10.7. The smallest absolute Gasteiger partial charge is 0.125 e. The second-order valence-corrected chi connectivity index (χ2v) is 8.73. The monoisotopic (exact) mass is 377 g/mol. The summed E-state index contributed by atoms with van der Waals surface area (Å²) in [4.78, 5) is 0. The SMILES string of the molecule is COc1cc(OCCCCCC(C)C)ccc1CC[C@@](N)(CO)CC1CC1. The van der Waals surface area contributed by atoms with Gasteiger partial charge in [-0.1, -0.05) is 52.0 Å². The number of hydrogen-bond donors (Lipinski definition) is 2. The fourth-order valence-electron chi connectivity index (χ4n) is 3.57. The molecule has 0 aromatic heterocycles. The lowest BCUT2D eigenvalue weighted by molar-refractivity contribution is 0.172. The van der Waals surface area contributed by atoms with E-state index >= 15 is 0 Å². The second kappa shape index (κ2) is 10.9. The summed E-state index contributed by atoms with van der Waals surface area (Å²) in [5, 5.41) is 9.72. The lowest BCUT2D eigenvalue weighted by atomic mass is 9.87. The van der Waals surface area contributed by atoms with Crippen LogP contribution in [0.2, 0.25) is 0 Å². The Balaban J connectivity index is 1.80. The van der Waals surface area contributed by atoms with E-state index in [9.17, 15) is 5.11 Å². The molecule has 1 aliphatic carbocycles. The number of hydrogen-bond acceptors (Lipinski definition) is 4. The fourth-order valence-corrected chi connectivity index (χ4v) is 3.57. The number of aliphatic hydroxyl groups excluding tert-OH is 1. The number of ether oxygens (including phenoxy) is 2. The summed E-state index contributed by atoms with van der Waals surface area (Å²) >= 11 is 0. The van der Waals surface area contributed by atoms with Gasteiger partial charge < -0.3 is 20.3 Å². The maximum atomic E-state index is 9.72. The molecule has 3 N–H and O–H groups in total. The van der Waals surface area contributed by atoms with E-state index in [0.717, 1.165) is 55.3 Å². The van der Waals surface area contributed by atoms with Gasteiger partial charge in [-0.15, -0.1) is 0 Å². The third kappa shape index (κ3) is 8.10. The van der Waals surface area contributed by atoms with Crippen LogP contribution in [-0.2, 0) is 6.42 Å². The van der Waals surface area contributed by atoms with Crippen molar-refractivity contribution in [2.45, 2.75) is 77.2 Å². The Morgan fingerprint density at radius 2 is 2.00 bits per heavy atom. The normalized spacial score (nSPS) is 16.4. The van der Waals surface area contributed by atoms with E-state index in [1.54, 1.807) is 7.11 Å². The maximum absolute atomic E-state index is 9.72. The van der Waals surface area contributed by atoms with Crippen LogP contribution in [0.25, 0.3) is 0 Å². The third-order valence-electron chi connectivity index (χ3n) is 5.55. The minimum Gasteiger partial charge on any atom is -0.496 e. The van der Waals surface area contributed by atoms with E-state index in [1.165, 1.54) is 32.1 Å². The van der Waals surface area contributed by atoms with Crippen molar-refractivity contribution in [3.8, 4) is 11.5 Å². The van der Waals surface area contributed by atoms with Crippen LogP contribution in [0.1, 0.15) is 70.8 Å². The Labute approximate surface area is 165 Å². The predicted molar refractivity (Wildman–Crippen MR) is 111 cm³/mol. The zero-order chi connectivity index (χ0) is 19.7. The number of unbranched alkanes of at least 4 members (excludes halogenated alkanes) is 2. The first-order valence-electron chi connectivity index (χ1n) is 10.7. The van der Waals surface area contributed by atoms with Crippen molar-refractivity contribution in [1.29, 1.82) is 0 Å². The van der Waals surface area contributed by atoms with Gasteiger partial charge in [0.15, 0.2) is 0 Å². The van der Waals surface area contributed by atoms with Crippen LogP contribution in [0.15, 0.2) is 18.2 Å². The van der Waals surface area contributed by atoms with Gasteiger partial charge >= 0.3 is 0 Å². The standard InChI is InChI=1S/C23H39NO3/c1-18(2)7-5-4-6-14-27-21-11-10-20(22(15-21)26-3)12-13-23(24,17-25)16-19-8-9-19/h10-11,15,18-19,25H,4-9,12-14,16-17,24H2,1-3H3/t23-/m0/s1. The zero-order valence-corrected chi connectivity index (χ0v) is 17.5. The molecule has 4 nitrogen and oxygen atoms in total. The summed E-state index contributed by atoms with van der Waals surface area (Å²) in [5.41, 5.74) is 7.07. The zero-order valence-electron chi connectivity index (χ0n) is 17.5. The quantitative estimate of drug-likeness (QED) is 0.461. The Morgan fingerprint density at radius 1 is 1.22 bits per heavy atom. The molecule has 0 amide bonds. The van der Waals surface area contributed by atoms with Crippen LogP contribution in [0.4, 0.5) is 0 Å². The highest BCUT2D eigenvalue weighted by atomic mass is 16.5. The second-order valence-electron chi connectivity index (χ2n) is 8.73. The first-order chi connectivity index (χ1) is 13.0. The Bertz CT molecular complexity index is 557. The highest BCUT2D eigenvalue weighted by molar-refractivity contribution is 5.41. The molecule has 0 radical (unpaired) electrons. The molecule has 4 heteroatoms. The van der Waals surface area contributed by atoms with E-state index in [4.69, 9.17) is 15.2 Å². The number of methoxy groups -OCH3 is 1. The lowest BCUT2D eigenvalue weighted by Gasteiger charge is -2.27. The van der Waals surface area contributed by atoms with Gasteiger partial charge in [0.25, 0.3) is 0 Å². The van der Waals surface area contributed by atoms with Gasteiger partial charge in [-0.2, -0.15) is 0 Å². The van der Waals surface area contributed by atoms with Crippen LogP contribution < -0.4 is 15.2 Å². The average Bonchev–Trinajstić information content (AvgIpc) is 3.46. The summed E-state index contributed by atoms with van der Waals surface area (Å²) in [5.74, 6) is 3.20. The van der Waals surface area contributed by atoms with Crippen LogP contribution in [0, 0.1) is 11.8 Å². The van der Waals surface area contributed by atoms with Crippen LogP contribution in [-0.4, -0.2) is 31.0 Å². The van der Waals surface area contributed by atoms with Gasteiger partial charge in [0.05, 0.1) is 20.3 Å². The summed E-state index contributed by atoms with van der Waals surface area (Å²) < 4.78 is 11.5. The van der Waals surface area contributed by atoms with Gasteiger partial charge in [-0.05, 0) is 49.1 Å². The number of aliphatic hydroxyl groups is 1. The van der Waals surface area contributed by atoms with Crippen molar-refractivity contribution in [3.63, 3.8) is 0 Å². The highest BCUT2D eigenvalue weighted by Gasteiger charge is 2.33. The van der Waals surface area contributed by atoms with Crippen molar-refractivity contribution in [2.24, 2.45) is 17.6 Å². The molecule has 0 unspecified atom stereocenters. The molecule has 0 heterocycles. The predicted octanol–water partition coefficient (Wildman–Crippen LogP) is 4.71. The fraction of sp³-hybridized carbons (Fsp3) is 0.739. The molecular weight excluding hydrogens is 338 g/mol. The minimum atomic E-state index is -0.475. The van der Waals surface area contributed by atoms with Crippen LogP contribution in [0.3, 0.4) is 0 Å². The maximum Gasteiger partial charge on any atom is 0.125 e. The minimum absolute atomic E-state index is 0.0455. The molecule has 1 aliphatic rings. The van der Waals surface area contributed by atoms with E-state index in [-0.39, 0.29) is 6.61 Å². The molecule has 154 valence electrons. The highest BCUT2D eigenvalue weighted by Crippen LogP contribution is 2.37. The molecule has 0 saturated heterocycles. The van der Waals surface area contributed by atoms with Crippen molar-refractivity contribution in [3.05, 3.63) is 23.8 Å². The molecule has 27 heavy (non-hydrogen) atoms. The Morgan fingerprint density at radius 3 is 2.63 bits per heavy atom. The summed E-state index contributed by atoms with van der Waals surface area (Å²) in [6.07, 6.45) is 9.88. The Hall–Kier alpha value is -1.26. The Kier molecular flexibility index (Phi) is 8.91. The molecular formula is C23H39NO3.